The average Bonchev–Trinajstić information content (AvgIpc) is 2.59. The summed E-state index contributed by atoms with van der Waals surface area (Å²) in [6, 6.07) is 12.0. The number of nitrogens with two attached hydrogens (primary N) is 1. The van der Waals surface area contributed by atoms with Crippen LogP contribution in [0, 0.1) is 0 Å². The van der Waals surface area contributed by atoms with Gasteiger partial charge in [0.05, 0.1) is 20.3 Å². The summed E-state index contributed by atoms with van der Waals surface area (Å²) in [5.74, 6) is 0.789. The van der Waals surface area contributed by atoms with Crippen molar-refractivity contribution in [3.63, 3.8) is 0 Å². The number of carbonyl (C=O) groups is 1. The average molecular weight is 317 g/mol. The van der Waals surface area contributed by atoms with Gasteiger partial charge in [-0.05, 0) is 29.8 Å². The van der Waals surface area contributed by atoms with E-state index >= 15 is 0 Å². The number of aliphatic carboxylic acids is 1. The van der Waals surface area contributed by atoms with E-state index in [1.165, 1.54) is 0 Å². The largest absolute Gasteiger partial charge is 0.497 e. The first-order valence-electron chi connectivity index (χ1n) is 6.97. The van der Waals surface area contributed by atoms with E-state index in [0.29, 0.717) is 17.2 Å². The Balaban J connectivity index is 2.19. The Morgan fingerprint density at radius 3 is 2.30 bits per heavy atom. The van der Waals surface area contributed by atoms with Gasteiger partial charge in [-0.2, -0.15) is 0 Å². The molecule has 23 heavy (non-hydrogen) atoms. The first kappa shape index (κ1) is 16.6. The molecule has 0 bridgehead atoms. The molecule has 0 aliphatic heterocycles. The third-order valence-electron chi connectivity index (χ3n) is 3.38. The van der Waals surface area contributed by atoms with Crippen LogP contribution < -0.4 is 19.9 Å². The van der Waals surface area contributed by atoms with Gasteiger partial charge in [-0.1, -0.05) is 12.1 Å². The second-order valence-corrected chi connectivity index (χ2v) is 4.84. The molecular weight excluding hydrogens is 298 g/mol. The first-order chi connectivity index (χ1) is 11.0. The van der Waals surface area contributed by atoms with Crippen LogP contribution in [-0.2, 0) is 4.79 Å². The lowest BCUT2D eigenvalue weighted by molar-refractivity contribution is -0.139. The van der Waals surface area contributed by atoms with Crippen molar-refractivity contribution in [2.75, 3.05) is 20.8 Å². The number of benzene rings is 2. The summed E-state index contributed by atoms with van der Waals surface area (Å²) in [5, 5.41) is 8.60. The molecule has 3 N–H and O–H groups in total. The van der Waals surface area contributed by atoms with Crippen molar-refractivity contribution >= 4 is 5.97 Å². The van der Waals surface area contributed by atoms with E-state index in [1.54, 1.807) is 44.6 Å². The van der Waals surface area contributed by atoms with Crippen LogP contribution in [0.1, 0.15) is 17.2 Å². The normalized spacial score (nSPS) is 11.6. The lowest BCUT2D eigenvalue weighted by atomic mass is 9.98. The molecule has 0 heterocycles. The van der Waals surface area contributed by atoms with Crippen LogP contribution in [0.3, 0.4) is 0 Å². The Bertz CT molecular complexity index is 669. The van der Waals surface area contributed by atoms with Crippen LogP contribution in [0.4, 0.5) is 0 Å². The monoisotopic (exact) mass is 317 g/mol. The van der Waals surface area contributed by atoms with Crippen molar-refractivity contribution in [1.29, 1.82) is 0 Å². The van der Waals surface area contributed by atoms with Crippen molar-refractivity contribution in [2.24, 2.45) is 5.73 Å². The fourth-order valence-corrected chi connectivity index (χ4v) is 2.17. The maximum atomic E-state index is 10.5. The summed E-state index contributed by atoms with van der Waals surface area (Å²) in [5.41, 5.74) is 7.98. The van der Waals surface area contributed by atoms with Gasteiger partial charge < -0.3 is 25.1 Å². The second kappa shape index (κ2) is 7.51. The summed E-state index contributed by atoms with van der Waals surface area (Å²) in [6.45, 7) is -0.377. The van der Waals surface area contributed by atoms with Crippen molar-refractivity contribution < 1.29 is 24.1 Å². The summed E-state index contributed by atoms with van der Waals surface area (Å²) in [7, 11) is 3.16. The van der Waals surface area contributed by atoms with E-state index < -0.39 is 5.97 Å². The molecule has 2 rings (SSSR count). The van der Waals surface area contributed by atoms with Gasteiger partial charge >= 0.3 is 5.97 Å². The molecule has 0 saturated heterocycles. The predicted molar refractivity (Wildman–Crippen MR) is 85.1 cm³/mol. The number of carboxylic acids is 1. The quantitative estimate of drug-likeness (QED) is 0.813. The smallest absolute Gasteiger partial charge is 0.341 e. The van der Waals surface area contributed by atoms with Gasteiger partial charge in [0, 0.05) is 11.6 Å². The third kappa shape index (κ3) is 4.14. The molecule has 0 aliphatic rings. The van der Waals surface area contributed by atoms with Crippen LogP contribution in [0.5, 0.6) is 17.2 Å². The summed E-state index contributed by atoms with van der Waals surface area (Å²) in [4.78, 5) is 10.5. The first-order valence-corrected chi connectivity index (χ1v) is 6.97. The molecule has 0 aliphatic carbocycles. The topological polar surface area (TPSA) is 91.0 Å². The van der Waals surface area contributed by atoms with E-state index in [4.69, 9.17) is 25.1 Å². The number of methoxy groups -OCH3 is 2. The Labute approximate surface area is 134 Å². The van der Waals surface area contributed by atoms with Crippen LogP contribution in [0.15, 0.2) is 42.5 Å². The van der Waals surface area contributed by atoms with E-state index in [9.17, 15) is 4.79 Å². The minimum absolute atomic E-state index is 0.377. The highest BCUT2D eigenvalue weighted by Crippen LogP contribution is 2.32. The SMILES string of the molecule is COc1ccc(C(N)c2ccc(OCC(=O)O)cc2)c(OC)c1. The fourth-order valence-electron chi connectivity index (χ4n) is 2.17. The molecule has 0 saturated carbocycles. The third-order valence-corrected chi connectivity index (χ3v) is 3.38. The fraction of sp³-hybridized carbons (Fsp3) is 0.235. The molecule has 1 atom stereocenters. The van der Waals surface area contributed by atoms with Crippen molar-refractivity contribution in [1.82, 2.24) is 0 Å². The van der Waals surface area contributed by atoms with Crippen LogP contribution >= 0.6 is 0 Å². The van der Waals surface area contributed by atoms with E-state index in [1.807, 2.05) is 12.1 Å². The molecule has 0 fully saturated rings. The molecule has 6 heteroatoms. The molecule has 0 amide bonds. The van der Waals surface area contributed by atoms with Crippen LogP contribution in [-0.4, -0.2) is 31.9 Å². The number of ether oxygens (including phenoxy) is 3. The number of hydrogen-bond acceptors (Lipinski definition) is 5. The molecule has 6 nitrogen and oxygen atoms in total. The predicted octanol–water partition coefficient (Wildman–Crippen LogP) is 2.22. The summed E-state index contributed by atoms with van der Waals surface area (Å²) in [6.07, 6.45) is 0. The number of hydrogen-bond donors (Lipinski definition) is 2. The van der Waals surface area contributed by atoms with E-state index in [-0.39, 0.29) is 12.6 Å². The van der Waals surface area contributed by atoms with Gasteiger partial charge in [-0.25, -0.2) is 4.79 Å². The lowest BCUT2D eigenvalue weighted by Crippen LogP contribution is -2.13. The molecule has 2 aromatic rings. The lowest BCUT2D eigenvalue weighted by Gasteiger charge is -2.17. The Morgan fingerprint density at radius 1 is 1.09 bits per heavy atom. The zero-order valence-electron chi connectivity index (χ0n) is 13.0. The van der Waals surface area contributed by atoms with Gasteiger partial charge in [-0.3, -0.25) is 0 Å². The zero-order valence-corrected chi connectivity index (χ0v) is 13.0. The van der Waals surface area contributed by atoms with Gasteiger partial charge in [-0.15, -0.1) is 0 Å². The Hall–Kier alpha value is -2.73. The van der Waals surface area contributed by atoms with Gasteiger partial charge in [0.25, 0.3) is 0 Å². The molecule has 0 radical (unpaired) electrons. The minimum Gasteiger partial charge on any atom is -0.497 e. The summed E-state index contributed by atoms with van der Waals surface area (Å²) < 4.78 is 15.6. The van der Waals surface area contributed by atoms with Gasteiger partial charge in [0.2, 0.25) is 0 Å². The Morgan fingerprint density at radius 2 is 1.74 bits per heavy atom. The van der Waals surface area contributed by atoms with Crippen molar-refractivity contribution in [3.8, 4) is 17.2 Å². The second-order valence-electron chi connectivity index (χ2n) is 4.84. The van der Waals surface area contributed by atoms with E-state index in [2.05, 4.69) is 0 Å². The van der Waals surface area contributed by atoms with Crippen molar-refractivity contribution in [2.45, 2.75) is 6.04 Å². The van der Waals surface area contributed by atoms with Crippen LogP contribution in [0.2, 0.25) is 0 Å². The molecule has 1 unspecified atom stereocenters. The molecular formula is C17H19NO5. The highest BCUT2D eigenvalue weighted by atomic mass is 16.5. The maximum Gasteiger partial charge on any atom is 0.341 e. The highest BCUT2D eigenvalue weighted by Gasteiger charge is 2.15. The summed E-state index contributed by atoms with van der Waals surface area (Å²) >= 11 is 0. The number of rotatable bonds is 7. The van der Waals surface area contributed by atoms with Crippen molar-refractivity contribution in [3.05, 3.63) is 53.6 Å². The number of carboxylic acid groups (broad SMARTS) is 1. The Kier molecular flexibility index (Phi) is 5.43. The molecule has 0 aromatic heterocycles. The minimum atomic E-state index is -1.02. The highest BCUT2D eigenvalue weighted by molar-refractivity contribution is 5.68. The van der Waals surface area contributed by atoms with Gasteiger partial charge in [0.1, 0.15) is 17.2 Å². The maximum absolute atomic E-state index is 10.5. The zero-order chi connectivity index (χ0) is 16.8. The molecule has 0 spiro atoms. The van der Waals surface area contributed by atoms with Crippen LogP contribution in [0.25, 0.3) is 0 Å². The molecule has 2 aromatic carbocycles. The van der Waals surface area contributed by atoms with E-state index in [0.717, 1.165) is 11.1 Å². The standard InChI is InChI=1S/C17H19NO5/c1-21-13-7-8-14(15(9-13)22-2)17(18)11-3-5-12(6-4-11)23-10-16(19)20/h3-9,17H,10,18H2,1-2H3,(H,19,20). The van der Waals surface area contributed by atoms with Gasteiger partial charge in [0.15, 0.2) is 6.61 Å². The molecule has 122 valence electrons.